The first kappa shape index (κ1) is 13.3. The van der Waals surface area contributed by atoms with Gasteiger partial charge in [0.25, 0.3) is 0 Å². The molecule has 0 amide bonds. The summed E-state index contributed by atoms with van der Waals surface area (Å²) in [7, 11) is 0. The highest BCUT2D eigenvalue weighted by Crippen LogP contribution is 2.25. The molecule has 1 saturated heterocycles. The Bertz CT molecular complexity index is 216. The van der Waals surface area contributed by atoms with E-state index in [-0.39, 0.29) is 6.10 Å². The quantitative estimate of drug-likeness (QED) is 0.742. The lowest BCUT2D eigenvalue weighted by molar-refractivity contribution is 0.0646. The maximum absolute atomic E-state index is 10.1. The van der Waals surface area contributed by atoms with Crippen molar-refractivity contribution in [2.75, 3.05) is 19.6 Å². The minimum atomic E-state index is -0.0757. The summed E-state index contributed by atoms with van der Waals surface area (Å²) in [6, 6.07) is 1.10. The largest absolute Gasteiger partial charge is 0.391 e. The standard InChI is InChI=1S/C14H28N2O/c1-2-3-10-16(11-12-6-5-9-15-12)13-7-4-8-14(13)17/h12-15,17H,2-11H2,1H3. The summed E-state index contributed by atoms with van der Waals surface area (Å²) in [5.41, 5.74) is 0. The van der Waals surface area contributed by atoms with Crippen molar-refractivity contribution in [1.82, 2.24) is 10.2 Å². The van der Waals surface area contributed by atoms with Crippen LogP contribution in [0, 0.1) is 0 Å². The Hall–Kier alpha value is -0.120. The van der Waals surface area contributed by atoms with Crippen LogP contribution in [0.15, 0.2) is 0 Å². The fourth-order valence-electron chi connectivity index (χ4n) is 3.30. The number of nitrogens with zero attached hydrogens (tertiary/aromatic N) is 1. The molecule has 0 aromatic carbocycles. The van der Waals surface area contributed by atoms with Gasteiger partial charge in [-0.25, -0.2) is 0 Å². The topological polar surface area (TPSA) is 35.5 Å². The van der Waals surface area contributed by atoms with Crippen LogP contribution in [0.1, 0.15) is 51.9 Å². The first-order valence-electron chi connectivity index (χ1n) is 7.46. The van der Waals surface area contributed by atoms with Crippen molar-refractivity contribution in [2.45, 2.75) is 70.1 Å². The summed E-state index contributed by atoms with van der Waals surface area (Å²) in [5, 5.41) is 13.6. The Morgan fingerprint density at radius 3 is 2.71 bits per heavy atom. The Balaban J connectivity index is 1.86. The molecule has 2 rings (SSSR count). The Kier molecular flexibility index (Phi) is 5.26. The second kappa shape index (κ2) is 6.72. The Morgan fingerprint density at radius 2 is 2.12 bits per heavy atom. The van der Waals surface area contributed by atoms with Crippen LogP contribution < -0.4 is 5.32 Å². The summed E-state index contributed by atoms with van der Waals surface area (Å²) >= 11 is 0. The average Bonchev–Trinajstić information content (AvgIpc) is 2.95. The maximum Gasteiger partial charge on any atom is 0.0695 e. The maximum atomic E-state index is 10.1. The van der Waals surface area contributed by atoms with Gasteiger partial charge in [0.1, 0.15) is 0 Å². The van der Waals surface area contributed by atoms with E-state index in [1.54, 1.807) is 0 Å². The van der Waals surface area contributed by atoms with Gasteiger partial charge in [-0.2, -0.15) is 0 Å². The molecule has 0 spiro atoms. The molecular formula is C14H28N2O. The van der Waals surface area contributed by atoms with Gasteiger partial charge in [-0.1, -0.05) is 13.3 Å². The molecule has 3 unspecified atom stereocenters. The van der Waals surface area contributed by atoms with Gasteiger partial charge in [0.05, 0.1) is 6.10 Å². The van der Waals surface area contributed by atoms with Crippen molar-refractivity contribution in [3.8, 4) is 0 Å². The highest BCUT2D eigenvalue weighted by molar-refractivity contribution is 4.88. The van der Waals surface area contributed by atoms with Crippen molar-refractivity contribution in [2.24, 2.45) is 0 Å². The van der Waals surface area contributed by atoms with Crippen molar-refractivity contribution in [1.29, 1.82) is 0 Å². The summed E-state index contributed by atoms with van der Waals surface area (Å²) in [4.78, 5) is 2.56. The van der Waals surface area contributed by atoms with Crippen LogP contribution in [-0.2, 0) is 0 Å². The molecule has 1 heterocycles. The molecule has 2 aliphatic rings. The van der Waals surface area contributed by atoms with Crippen LogP contribution in [0.5, 0.6) is 0 Å². The molecule has 3 heteroatoms. The van der Waals surface area contributed by atoms with Gasteiger partial charge in [-0.3, -0.25) is 4.90 Å². The monoisotopic (exact) mass is 240 g/mol. The second-order valence-corrected chi connectivity index (χ2v) is 5.71. The van der Waals surface area contributed by atoms with E-state index in [0.717, 1.165) is 19.5 Å². The molecule has 0 aromatic rings. The van der Waals surface area contributed by atoms with E-state index in [1.807, 2.05) is 0 Å². The van der Waals surface area contributed by atoms with E-state index in [0.29, 0.717) is 12.1 Å². The zero-order valence-corrected chi connectivity index (χ0v) is 11.2. The molecule has 0 aromatic heterocycles. The van der Waals surface area contributed by atoms with Gasteiger partial charge >= 0.3 is 0 Å². The molecular weight excluding hydrogens is 212 g/mol. The predicted octanol–water partition coefficient (Wildman–Crippen LogP) is 1.75. The van der Waals surface area contributed by atoms with E-state index < -0.39 is 0 Å². The van der Waals surface area contributed by atoms with Crippen molar-refractivity contribution in [3.63, 3.8) is 0 Å². The van der Waals surface area contributed by atoms with Gasteiger partial charge in [0.15, 0.2) is 0 Å². The molecule has 3 atom stereocenters. The average molecular weight is 240 g/mol. The molecule has 100 valence electrons. The molecule has 2 N–H and O–H groups in total. The van der Waals surface area contributed by atoms with Crippen molar-refractivity contribution < 1.29 is 5.11 Å². The van der Waals surface area contributed by atoms with Gasteiger partial charge in [-0.15, -0.1) is 0 Å². The highest BCUT2D eigenvalue weighted by atomic mass is 16.3. The number of aliphatic hydroxyl groups excluding tert-OH is 1. The van der Waals surface area contributed by atoms with Crippen LogP contribution in [0.4, 0.5) is 0 Å². The number of hydrogen-bond donors (Lipinski definition) is 2. The zero-order chi connectivity index (χ0) is 12.1. The molecule has 2 fully saturated rings. The SMILES string of the molecule is CCCCN(CC1CCCN1)C1CCCC1O. The summed E-state index contributed by atoms with van der Waals surface area (Å²) in [6.45, 7) is 5.73. The normalized spacial score (nSPS) is 33.7. The minimum absolute atomic E-state index is 0.0757. The smallest absolute Gasteiger partial charge is 0.0695 e. The molecule has 3 nitrogen and oxygen atoms in total. The van der Waals surface area contributed by atoms with E-state index in [9.17, 15) is 5.11 Å². The molecule has 1 aliphatic carbocycles. The Morgan fingerprint density at radius 1 is 1.24 bits per heavy atom. The fourth-order valence-corrected chi connectivity index (χ4v) is 3.30. The van der Waals surface area contributed by atoms with Gasteiger partial charge in [0, 0.05) is 18.6 Å². The third kappa shape index (κ3) is 3.67. The molecule has 1 saturated carbocycles. The van der Waals surface area contributed by atoms with E-state index in [1.165, 1.54) is 45.1 Å². The summed E-state index contributed by atoms with van der Waals surface area (Å²) in [5.74, 6) is 0. The van der Waals surface area contributed by atoms with Gasteiger partial charge in [-0.05, 0) is 51.6 Å². The molecule has 0 radical (unpaired) electrons. The number of nitrogens with one attached hydrogen (secondary N) is 1. The molecule has 17 heavy (non-hydrogen) atoms. The van der Waals surface area contributed by atoms with Crippen LogP contribution in [0.25, 0.3) is 0 Å². The lowest BCUT2D eigenvalue weighted by Gasteiger charge is -2.33. The summed E-state index contributed by atoms with van der Waals surface area (Å²) < 4.78 is 0. The van der Waals surface area contributed by atoms with E-state index in [2.05, 4.69) is 17.1 Å². The molecule has 1 aliphatic heterocycles. The second-order valence-electron chi connectivity index (χ2n) is 5.71. The lowest BCUT2D eigenvalue weighted by Crippen LogP contribution is -2.46. The van der Waals surface area contributed by atoms with E-state index in [4.69, 9.17) is 0 Å². The Labute approximate surface area is 106 Å². The van der Waals surface area contributed by atoms with Crippen LogP contribution in [0.3, 0.4) is 0 Å². The number of hydrogen-bond acceptors (Lipinski definition) is 3. The predicted molar refractivity (Wildman–Crippen MR) is 71.2 cm³/mol. The van der Waals surface area contributed by atoms with Crippen LogP contribution >= 0.6 is 0 Å². The molecule has 0 bridgehead atoms. The number of unbranched alkanes of at least 4 members (excludes halogenated alkanes) is 1. The highest BCUT2D eigenvalue weighted by Gasteiger charge is 2.31. The fraction of sp³-hybridized carbons (Fsp3) is 1.00. The van der Waals surface area contributed by atoms with Crippen molar-refractivity contribution >= 4 is 0 Å². The first-order chi connectivity index (χ1) is 8.31. The minimum Gasteiger partial charge on any atom is -0.391 e. The van der Waals surface area contributed by atoms with Crippen LogP contribution in [0.2, 0.25) is 0 Å². The van der Waals surface area contributed by atoms with Gasteiger partial charge < -0.3 is 10.4 Å². The number of aliphatic hydroxyl groups is 1. The van der Waals surface area contributed by atoms with Crippen LogP contribution in [-0.4, -0.2) is 47.8 Å². The first-order valence-corrected chi connectivity index (χ1v) is 7.46. The third-order valence-corrected chi connectivity index (χ3v) is 4.33. The van der Waals surface area contributed by atoms with Crippen molar-refractivity contribution in [3.05, 3.63) is 0 Å². The summed E-state index contributed by atoms with van der Waals surface area (Å²) in [6.07, 6.45) is 8.46. The zero-order valence-electron chi connectivity index (χ0n) is 11.2. The van der Waals surface area contributed by atoms with Gasteiger partial charge in [0.2, 0.25) is 0 Å². The van der Waals surface area contributed by atoms with E-state index >= 15 is 0 Å². The lowest BCUT2D eigenvalue weighted by atomic mass is 10.1. The number of rotatable bonds is 6. The third-order valence-electron chi connectivity index (χ3n) is 4.33.